The van der Waals surface area contributed by atoms with Gasteiger partial charge in [0.1, 0.15) is 5.69 Å². The second kappa shape index (κ2) is 8.89. The number of alkyl halides is 3. The predicted octanol–water partition coefficient (Wildman–Crippen LogP) is 3.18. The number of aliphatic carboxylic acids is 1. The minimum atomic E-state index is -4.69. The highest BCUT2D eigenvalue weighted by Crippen LogP contribution is 2.34. The Labute approximate surface area is 158 Å². The molecule has 11 heteroatoms. The van der Waals surface area contributed by atoms with Crippen LogP contribution in [0.5, 0.6) is 0 Å². The van der Waals surface area contributed by atoms with Crippen molar-refractivity contribution in [2.75, 3.05) is 11.9 Å². The number of nitrogens with zero attached hydrogens (tertiary/aromatic N) is 1. The van der Waals surface area contributed by atoms with Crippen LogP contribution in [0.2, 0.25) is 0 Å². The van der Waals surface area contributed by atoms with Gasteiger partial charge in [0.05, 0.1) is 16.4 Å². The number of benzene rings is 1. The average Bonchev–Trinajstić information content (AvgIpc) is 2.61. The number of carboxylic acid groups (broad SMARTS) is 1. The van der Waals surface area contributed by atoms with Crippen molar-refractivity contribution in [3.8, 4) is 0 Å². The van der Waals surface area contributed by atoms with Gasteiger partial charge >= 0.3 is 12.1 Å². The van der Waals surface area contributed by atoms with E-state index in [0.717, 1.165) is 12.1 Å². The predicted molar refractivity (Wildman–Crippen MR) is 92.7 cm³/mol. The van der Waals surface area contributed by atoms with E-state index < -0.39 is 34.2 Å². The van der Waals surface area contributed by atoms with E-state index in [1.54, 1.807) is 0 Å². The molecule has 3 N–H and O–H groups in total. The molecule has 1 aliphatic rings. The molecule has 1 aromatic rings. The maximum atomic E-state index is 12.7. The number of nitro groups is 1. The molecule has 0 radical (unpaired) electrons. The van der Waals surface area contributed by atoms with Crippen LogP contribution in [-0.2, 0) is 15.8 Å². The van der Waals surface area contributed by atoms with Crippen LogP contribution >= 0.6 is 0 Å². The number of anilines is 1. The molecule has 0 aromatic heterocycles. The van der Waals surface area contributed by atoms with Gasteiger partial charge in [-0.05, 0) is 37.8 Å². The molecule has 1 aliphatic carbocycles. The van der Waals surface area contributed by atoms with Crippen LogP contribution in [0.4, 0.5) is 24.5 Å². The van der Waals surface area contributed by atoms with Crippen molar-refractivity contribution in [2.24, 2.45) is 5.92 Å². The standard InChI is InChI=1S/C17H20F3N3O5/c18-17(19,20)11-3-6-13(14(9-11)23(27)28)21-8-7-15(24)22-12-4-1-10(2-5-12)16(25)26/h3,6,9-10,12,21H,1-2,4-5,7-8H2,(H,22,24)(H,25,26). The number of carbonyl (C=O) groups is 2. The first-order chi connectivity index (χ1) is 13.1. The van der Waals surface area contributed by atoms with Crippen molar-refractivity contribution in [1.29, 1.82) is 0 Å². The minimum Gasteiger partial charge on any atom is -0.481 e. The van der Waals surface area contributed by atoms with E-state index in [1.807, 2.05) is 0 Å². The molecule has 1 saturated carbocycles. The van der Waals surface area contributed by atoms with Crippen LogP contribution in [0.3, 0.4) is 0 Å². The number of amides is 1. The molecule has 0 saturated heterocycles. The van der Waals surface area contributed by atoms with Crippen molar-refractivity contribution >= 4 is 23.3 Å². The van der Waals surface area contributed by atoms with Gasteiger partial charge in [-0.25, -0.2) is 0 Å². The summed E-state index contributed by atoms with van der Waals surface area (Å²) in [7, 11) is 0. The van der Waals surface area contributed by atoms with Crippen LogP contribution < -0.4 is 10.6 Å². The number of halogens is 3. The van der Waals surface area contributed by atoms with Crippen LogP contribution in [-0.4, -0.2) is 34.5 Å². The summed E-state index contributed by atoms with van der Waals surface area (Å²) in [6.45, 7) is 0.00249. The van der Waals surface area contributed by atoms with E-state index in [9.17, 15) is 32.9 Å². The Hall–Kier alpha value is -2.85. The third-order valence-corrected chi connectivity index (χ3v) is 4.63. The molecule has 0 aliphatic heterocycles. The molecule has 0 heterocycles. The van der Waals surface area contributed by atoms with Gasteiger partial charge in [0.25, 0.3) is 5.69 Å². The number of hydrogen-bond acceptors (Lipinski definition) is 5. The number of hydrogen-bond donors (Lipinski definition) is 3. The Morgan fingerprint density at radius 2 is 1.86 bits per heavy atom. The summed E-state index contributed by atoms with van der Waals surface area (Å²) in [5.41, 5.74) is -1.95. The lowest BCUT2D eigenvalue weighted by Gasteiger charge is -2.26. The second-order valence-electron chi connectivity index (χ2n) is 6.62. The summed E-state index contributed by atoms with van der Waals surface area (Å²) in [5, 5.41) is 25.4. The third-order valence-electron chi connectivity index (χ3n) is 4.63. The average molecular weight is 403 g/mol. The summed E-state index contributed by atoms with van der Waals surface area (Å²) >= 11 is 0. The number of carbonyl (C=O) groups excluding carboxylic acids is 1. The van der Waals surface area contributed by atoms with Crippen molar-refractivity contribution in [2.45, 2.75) is 44.3 Å². The van der Waals surface area contributed by atoms with Gasteiger partial charge in [-0.3, -0.25) is 19.7 Å². The fourth-order valence-electron chi connectivity index (χ4n) is 3.10. The summed E-state index contributed by atoms with van der Waals surface area (Å²) in [6, 6.07) is 2.02. The Balaban J connectivity index is 1.85. The first-order valence-corrected chi connectivity index (χ1v) is 8.69. The zero-order valence-corrected chi connectivity index (χ0v) is 14.8. The smallest absolute Gasteiger partial charge is 0.416 e. The lowest BCUT2D eigenvalue weighted by molar-refractivity contribution is -0.384. The Bertz CT molecular complexity index is 746. The number of nitrogens with one attached hydrogen (secondary N) is 2. The Kier molecular flexibility index (Phi) is 6.81. The molecule has 0 spiro atoms. The minimum absolute atomic E-state index is 0.00249. The zero-order valence-electron chi connectivity index (χ0n) is 14.8. The third kappa shape index (κ3) is 5.83. The first-order valence-electron chi connectivity index (χ1n) is 8.69. The topological polar surface area (TPSA) is 122 Å². The summed E-state index contributed by atoms with van der Waals surface area (Å²) in [4.78, 5) is 33.0. The largest absolute Gasteiger partial charge is 0.481 e. The quantitative estimate of drug-likeness (QED) is 0.475. The maximum Gasteiger partial charge on any atom is 0.416 e. The van der Waals surface area contributed by atoms with E-state index in [1.165, 1.54) is 0 Å². The van der Waals surface area contributed by atoms with E-state index in [0.29, 0.717) is 31.7 Å². The molecular formula is C17H20F3N3O5. The molecule has 1 aromatic carbocycles. The van der Waals surface area contributed by atoms with Gasteiger partial charge in [-0.2, -0.15) is 13.2 Å². The van der Waals surface area contributed by atoms with E-state index in [4.69, 9.17) is 5.11 Å². The van der Waals surface area contributed by atoms with Gasteiger partial charge in [-0.1, -0.05) is 0 Å². The van der Waals surface area contributed by atoms with Crippen molar-refractivity contribution in [1.82, 2.24) is 5.32 Å². The normalized spacial score (nSPS) is 19.7. The number of carboxylic acids is 1. The van der Waals surface area contributed by atoms with Crippen LogP contribution in [0.15, 0.2) is 18.2 Å². The van der Waals surface area contributed by atoms with Gasteiger partial charge in [0.2, 0.25) is 5.91 Å². The molecule has 154 valence electrons. The molecule has 0 unspecified atom stereocenters. The fourth-order valence-corrected chi connectivity index (χ4v) is 3.10. The highest BCUT2D eigenvalue weighted by atomic mass is 19.4. The van der Waals surface area contributed by atoms with Crippen molar-refractivity contribution < 1.29 is 32.8 Å². The second-order valence-corrected chi connectivity index (χ2v) is 6.62. The monoisotopic (exact) mass is 403 g/mol. The first kappa shape index (κ1) is 21.5. The van der Waals surface area contributed by atoms with E-state index in [-0.39, 0.29) is 30.6 Å². The van der Waals surface area contributed by atoms with Gasteiger partial charge < -0.3 is 15.7 Å². The van der Waals surface area contributed by atoms with Crippen LogP contribution in [0, 0.1) is 16.0 Å². The molecule has 28 heavy (non-hydrogen) atoms. The zero-order chi connectivity index (χ0) is 20.9. The molecule has 0 bridgehead atoms. The number of nitro benzene ring substituents is 1. The van der Waals surface area contributed by atoms with Gasteiger partial charge in [-0.15, -0.1) is 0 Å². The molecule has 1 fully saturated rings. The maximum absolute atomic E-state index is 12.7. The van der Waals surface area contributed by atoms with Gasteiger partial charge in [0, 0.05) is 25.1 Å². The highest BCUT2D eigenvalue weighted by molar-refractivity contribution is 5.77. The summed E-state index contributed by atoms with van der Waals surface area (Å²) in [5.74, 6) is -1.55. The van der Waals surface area contributed by atoms with Crippen LogP contribution in [0.1, 0.15) is 37.7 Å². The molecule has 0 atom stereocenters. The SMILES string of the molecule is O=C(CCNc1ccc(C(F)(F)F)cc1[N+](=O)[O-])NC1CCC(C(=O)O)CC1. The fraction of sp³-hybridized carbons (Fsp3) is 0.529. The Morgan fingerprint density at radius 1 is 1.21 bits per heavy atom. The lowest BCUT2D eigenvalue weighted by Crippen LogP contribution is -2.39. The van der Waals surface area contributed by atoms with Gasteiger partial charge in [0.15, 0.2) is 0 Å². The molecular weight excluding hydrogens is 383 g/mol. The van der Waals surface area contributed by atoms with Crippen molar-refractivity contribution in [3.05, 3.63) is 33.9 Å². The highest BCUT2D eigenvalue weighted by Gasteiger charge is 2.33. The number of rotatable bonds is 7. The Morgan fingerprint density at radius 3 is 2.39 bits per heavy atom. The summed E-state index contributed by atoms with van der Waals surface area (Å²) < 4.78 is 38.1. The lowest BCUT2D eigenvalue weighted by atomic mass is 9.86. The van der Waals surface area contributed by atoms with E-state index in [2.05, 4.69) is 10.6 Å². The summed E-state index contributed by atoms with van der Waals surface area (Å²) in [6.07, 6.45) is -2.65. The molecule has 2 rings (SSSR count). The molecule has 8 nitrogen and oxygen atoms in total. The van der Waals surface area contributed by atoms with Crippen molar-refractivity contribution in [3.63, 3.8) is 0 Å². The van der Waals surface area contributed by atoms with E-state index >= 15 is 0 Å². The molecule has 1 amide bonds. The van der Waals surface area contributed by atoms with Crippen LogP contribution in [0.25, 0.3) is 0 Å².